The van der Waals surface area contributed by atoms with Crippen LogP contribution >= 0.6 is 0 Å². The van der Waals surface area contributed by atoms with Gasteiger partial charge in [-0.15, -0.1) is 0 Å². The maximum Gasteiger partial charge on any atom is 0.255 e. The average Bonchev–Trinajstić information content (AvgIpc) is 2.51. The van der Waals surface area contributed by atoms with Gasteiger partial charge in [0.05, 0.1) is 0 Å². The summed E-state index contributed by atoms with van der Waals surface area (Å²) in [6, 6.07) is 14.5. The Hall–Kier alpha value is -2.62. The highest BCUT2D eigenvalue weighted by molar-refractivity contribution is 6.04. The van der Waals surface area contributed by atoms with Crippen LogP contribution in [0.5, 0.6) is 0 Å². The van der Waals surface area contributed by atoms with Gasteiger partial charge in [0.2, 0.25) is 5.91 Å². The number of aryl methyl sites for hydroxylation is 1. The number of carbonyl (C=O) groups is 2. The molecule has 4 nitrogen and oxygen atoms in total. The van der Waals surface area contributed by atoms with Crippen LogP contribution in [0.4, 0.5) is 11.4 Å². The van der Waals surface area contributed by atoms with Crippen molar-refractivity contribution in [2.75, 3.05) is 10.6 Å². The predicted octanol–water partition coefficient (Wildman–Crippen LogP) is 3.60. The minimum Gasteiger partial charge on any atom is -0.326 e. The zero-order valence-corrected chi connectivity index (χ0v) is 12.1. The van der Waals surface area contributed by atoms with E-state index in [0.29, 0.717) is 23.4 Å². The minimum absolute atomic E-state index is 0.0513. The maximum atomic E-state index is 12.1. The normalized spacial score (nSPS) is 10.0. The molecule has 2 N–H and O–H groups in total. The molecule has 0 saturated heterocycles. The van der Waals surface area contributed by atoms with Crippen molar-refractivity contribution in [2.24, 2.45) is 0 Å². The predicted molar refractivity (Wildman–Crippen MR) is 84.5 cm³/mol. The van der Waals surface area contributed by atoms with E-state index in [1.807, 2.05) is 37.3 Å². The lowest BCUT2D eigenvalue weighted by Crippen LogP contribution is -2.13. The van der Waals surface area contributed by atoms with Gasteiger partial charge in [-0.05, 0) is 36.8 Å². The van der Waals surface area contributed by atoms with E-state index in [4.69, 9.17) is 0 Å². The third kappa shape index (κ3) is 3.92. The van der Waals surface area contributed by atoms with Gasteiger partial charge in [-0.1, -0.05) is 31.2 Å². The first-order valence-electron chi connectivity index (χ1n) is 6.87. The number of hydrogen-bond acceptors (Lipinski definition) is 2. The van der Waals surface area contributed by atoms with Crippen molar-refractivity contribution in [3.8, 4) is 0 Å². The molecule has 2 rings (SSSR count). The second-order valence-corrected chi connectivity index (χ2v) is 4.75. The van der Waals surface area contributed by atoms with Crippen LogP contribution in [-0.4, -0.2) is 11.8 Å². The van der Waals surface area contributed by atoms with Gasteiger partial charge in [-0.2, -0.15) is 0 Å². The Labute approximate surface area is 124 Å². The molecule has 0 aliphatic heterocycles. The van der Waals surface area contributed by atoms with E-state index in [-0.39, 0.29) is 11.8 Å². The molecule has 0 spiro atoms. The second kappa shape index (κ2) is 6.70. The van der Waals surface area contributed by atoms with E-state index in [0.717, 1.165) is 5.56 Å². The topological polar surface area (TPSA) is 58.2 Å². The van der Waals surface area contributed by atoms with Crippen LogP contribution in [0.15, 0.2) is 48.5 Å². The van der Waals surface area contributed by atoms with Crippen LogP contribution in [0.1, 0.15) is 29.3 Å². The van der Waals surface area contributed by atoms with Gasteiger partial charge in [0.1, 0.15) is 0 Å². The van der Waals surface area contributed by atoms with Gasteiger partial charge in [0, 0.05) is 23.4 Å². The SMILES string of the molecule is CCC(=O)Nc1cc(NC(=O)c2ccccc2)ccc1C. The third-order valence-corrected chi connectivity index (χ3v) is 3.13. The zero-order chi connectivity index (χ0) is 15.2. The highest BCUT2D eigenvalue weighted by atomic mass is 16.2. The summed E-state index contributed by atoms with van der Waals surface area (Å²) in [5, 5.41) is 5.65. The monoisotopic (exact) mass is 282 g/mol. The Balaban J connectivity index is 2.16. The Kier molecular flexibility index (Phi) is 4.72. The van der Waals surface area contributed by atoms with Crippen molar-refractivity contribution in [3.05, 3.63) is 59.7 Å². The maximum absolute atomic E-state index is 12.1. The summed E-state index contributed by atoms with van der Waals surface area (Å²) < 4.78 is 0. The molecular formula is C17H18N2O2. The second-order valence-electron chi connectivity index (χ2n) is 4.75. The van der Waals surface area contributed by atoms with Crippen molar-refractivity contribution in [1.82, 2.24) is 0 Å². The number of carbonyl (C=O) groups excluding carboxylic acids is 2. The lowest BCUT2D eigenvalue weighted by atomic mass is 10.1. The molecule has 0 aliphatic carbocycles. The third-order valence-electron chi connectivity index (χ3n) is 3.13. The molecule has 0 unspecified atom stereocenters. The van der Waals surface area contributed by atoms with Crippen LogP contribution in [0.2, 0.25) is 0 Å². The number of anilines is 2. The van der Waals surface area contributed by atoms with Gasteiger partial charge < -0.3 is 10.6 Å². The quantitative estimate of drug-likeness (QED) is 0.900. The lowest BCUT2D eigenvalue weighted by molar-refractivity contribution is -0.115. The highest BCUT2D eigenvalue weighted by Gasteiger charge is 2.08. The van der Waals surface area contributed by atoms with E-state index < -0.39 is 0 Å². The molecule has 2 aromatic rings. The number of nitrogens with one attached hydrogen (secondary N) is 2. The number of hydrogen-bond donors (Lipinski definition) is 2. The van der Waals surface area contributed by atoms with Crippen molar-refractivity contribution < 1.29 is 9.59 Å². The fourth-order valence-corrected chi connectivity index (χ4v) is 1.87. The summed E-state index contributed by atoms with van der Waals surface area (Å²) in [6.45, 7) is 3.71. The van der Waals surface area contributed by atoms with Crippen LogP contribution in [0.3, 0.4) is 0 Å². The first kappa shape index (κ1) is 14.8. The van der Waals surface area contributed by atoms with E-state index in [1.54, 1.807) is 25.1 Å². The number of rotatable bonds is 4. The fraction of sp³-hybridized carbons (Fsp3) is 0.176. The van der Waals surface area contributed by atoms with Gasteiger partial charge in [-0.3, -0.25) is 9.59 Å². The molecule has 0 radical (unpaired) electrons. The molecule has 21 heavy (non-hydrogen) atoms. The van der Waals surface area contributed by atoms with E-state index in [2.05, 4.69) is 10.6 Å². The average molecular weight is 282 g/mol. The molecule has 4 heteroatoms. The molecule has 0 bridgehead atoms. The molecule has 0 aromatic heterocycles. The summed E-state index contributed by atoms with van der Waals surface area (Å²) in [5.41, 5.74) is 2.92. The van der Waals surface area contributed by atoms with Gasteiger partial charge >= 0.3 is 0 Å². The van der Waals surface area contributed by atoms with Crippen molar-refractivity contribution in [2.45, 2.75) is 20.3 Å². The van der Waals surface area contributed by atoms with E-state index >= 15 is 0 Å². The largest absolute Gasteiger partial charge is 0.326 e. The summed E-state index contributed by atoms with van der Waals surface area (Å²) >= 11 is 0. The Morgan fingerprint density at radius 3 is 2.38 bits per heavy atom. The molecule has 0 atom stereocenters. The minimum atomic E-state index is -0.174. The van der Waals surface area contributed by atoms with Crippen molar-refractivity contribution in [3.63, 3.8) is 0 Å². The smallest absolute Gasteiger partial charge is 0.255 e. The molecule has 0 saturated carbocycles. The molecule has 0 fully saturated rings. The Morgan fingerprint density at radius 1 is 1.00 bits per heavy atom. The Bertz CT molecular complexity index is 651. The summed E-state index contributed by atoms with van der Waals surface area (Å²) in [7, 11) is 0. The Morgan fingerprint density at radius 2 is 1.71 bits per heavy atom. The first-order valence-corrected chi connectivity index (χ1v) is 6.87. The summed E-state index contributed by atoms with van der Waals surface area (Å²) in [6.07, 6.45) is 0.417. The van der Waals surface area contributed by atoms with E-state index in [9.17, 15) is 9.59 Å². The number of amides is 2. The van der Waals surface area contributed by atoms with Crippen LogP contribution in [-0.2, 0) is 4.79 Å². The number of benzene rings is 2. The molecule has 2 aromatic carbocycles. The zero-order valence-electron chi connectivity index (χ0n) is 12.1. The van der Waals surface area contributed by atoms with Crippen molar-refractivity contribution in [1.29, 1.82) is 0 Å². The molecule has 108 valence electrons. The van der Waals surface area contributed by atoms with Crippen LogP contribution in [0.25, 0.3) is 0 Å². The fourth-order valence-electron chi connectivity index (χ4n) is 1.87. The highest BCUT2D eigenvalue weighted by Crippen LogP contribution is 2.21. The summed E-state index contributed by atoms with van der Waals surface area (Å²) in [5.74, 6) is -0.225. The van der Waals surface area contributed by atoms with E-state index in [1.165, 1.54) is 0 Å². The van der Waals surface area contributed by atoms with Gasteiger partial charge in [-0.25, -0.2) is 0 Å². The standard InChI is InChI=1S/C17H18N2O2/c1-3-16(20)19-15-11-14(10-9-12(15)2)18-17(21)13-7-5-4-6-8-13/h4-11H,3H2,1-2H3,(H,18,21)(H,19,20). The van der Waals surface area contributed by atoms with Gasteiger partial charge in [0.25, 0.3) is 5.91 Å². The molecule has 2 amide bonds. The lowest BCUT2D eigenvalue weighted by Gasteiger charge is -2.11. The molecular weight excluding hydrogens is 264 g/mol. The van der Waals surface area contributed by atoms with Crippen LogP contribution in [0, 0.1) is 6.92 Å². The first-order chi connectivity index (χ1) is 10.1. The molecule has 0 heterocycles. The van der Waals surface area contributed by atoms with Gasteiger partial charge in [0.15, 0.2) is 0 Å². The molecule has 0 aliphatic rings. The summed E-state index contributed by atoms with van der Waals surface area (Å²) in [4.78, 5) is 23.6. The van der Waals surface area contributed by atoms with Crippen LogP contribution < -0.4 is 10.6 Å². The van der Waals surface area contributed by atoms with Crippen molar-refractivity contribution >= 4 is 23.2 Å².